The van der Waals surface area contributed by atoms with Crippen molar-refractivity contribution in [3.8, 4) is 0 Å². The molecule has 0 saturated carbocycles. The number of hydrogen-bond donors (Lipinski definition) is 0. The highest BCUT2D eigenvalue weighted by Crippen LogP contribution is 2.26. The van der Waals surface area contributed by atoms with Crippen LogP contribution in [0.25, 0.3) is 0 Å². The summed E-state index contributed by atoms with van der Waals surface area (Å²) < 4.78 is 5.63. The Morgan fingerprint density at radius 3 is 2.50 bits per heavy atom. The summed E-state index contributed by atoms with van der Waals surface area (Å²) in [6.45, 7) is 3.38. The van der Waals surface area contributed by atoms with Gasteiger partial charge in [0.15, 0.2) is 0 Å². The van der Waals surface area contributed by atoms with E-state index in [0.717, 1.165) is 4.47 Å². The van der Waals surface area contributed by atoms with E-state index in [1.807, 2.05) is 6.07 Å². The summed E-state index contributed by atoms with van der Waals surface area (Å²) in [6, 6.07) is 7.16. The monoisotopic (exact) mass is 284 g/mol. The first-order valence-corrected chi connectivity index (χ1v) is 5.78. The zero-order chi connectivity index (χ0) is 12.1. The first kappa shape index (κ1) is 12.9. The Hall–Kier alpha value is -1.16. The average Bonchev–Trinajstić information content (AvgIpc) is 2.21. The molecule has 86 valence electrons. The van der Waals surface area contributed by atoms with Gasteiger partial charge < -0.3 is 4.74 Å². The average molecular weight is 285 g/mol. The maximum absolute atomic E-state index is 11.7. The van der Waals surface area contributed by atoms with Gasteiger partial charge in [0.2, 0.25) is 0 Å². The number of benzene rings is 1. The summed E-state index contributed by atoms with van der Waals surface area (Å²) >= 11 is 3.32. The predicted octanol–water partition coefficient (Wildman–Crippen LogP) is 2.68. The van der Waals surface area contributed by atoms with Crippen molar-refractivity contribution in [2.75, 3.05) is 6.61 Å². The minimum atomic E-state index is -0.837. The quantitative estimate of drug-likeness (QED) is 0.631. The molecule has 0 fully saturated rings. The van der Waals surface area contributed by atoms with Crippen LogP contribution in [0.2, 0.25) is 0 Å². The van der Waals surface area contributed by atoms with Gasteiger partial charge in [-0.25, -0.2) is 0 Å². The van der Waals surface area contributed by atoms with E-state index in [1.165, 1.54) is 6.92 Å². The highest BCUT2D eigenvalue weighted by atomic mass is 79.9. The molecule has 1 atom stereocenters. The first-order valence-electron chi connectivity index (χ1n) is 4.99. The molecule has 0 aliphatic heterocycles. The van der Waals surface area contributed by atoms with Crippen molar-refractivity contribution in [3.05, 3.63) is 34.3 Å². The standard InChI is InChI=1S/C12H13BrO3/c1-3-16-12(15)11(8(2)14)9-6-4-5-7-10(9)13/h4-7,11H,3H2,1-2H3. The number of ketones is 1. The van der Waals surface area contributed by atoms with Crippen LogP contribution in [0.1, 0.15) is 25.3 Å². The van der Waals surface area contributed by atoms with Gasteiger partial charge in [-0.05, 0) is 25.5 Å². The van der Waals surface area contributed by atoms with Gasteiger partial charge in [-0.1, -0.05) is 34.1 Å². The van der Waals surface area contributed by atoms with Crippen molar-refractivity contribution in [2.24, 2.45) is 0 Å². The van der Waals surface area contributed by atoms with Crippen LogP contribution in [-0.2, 0) is 14.3 Å². The molecule has 0 spiro atoms. The van der Waals surface area contributed by atoms with Crippen molar-refractivity contribution in [2.45, 2.75) is 19.8 Å². The minimum absolute atomic E-state index is 0.217. The third-order valence-corrected chi connectivity index (χ3v) is 2.87. The van der Waals surface area contributed by atoms with Gasteiger partial charge in [0, 0.05) is 4.47 Å². The Labute approximate surface area is 103 Å². The second-order valence-electron chi connectivity index (χ2n) is 3.32. The number of carbonyl (C=O) groups excluding carboxylic acids is 2. The van der Waals surface area contributed by atoms with E-state index in [2.05, 4.69) is 15.9 Å². The second-order valence-corrected chi connectivity index (χ2v) is 4.17. The summed E-state index contributed by atoms with van der Waals surface area (Å²) in [5.74, 6) is -1.55. The fourth-order valence-electron chi connectivity index (χ4n) is 1.45. The fraction of sp³-hybridized carbons (Fsp3) is 0.333. The minimum Gasteiger partial charge on any atom is -0.465 e. The lowest BCUT2D eigenvalue weighted by Crippen LogP contribution is -2.22. The molecule has 0 aliphatic carbocycles. The number of carbonyl (C=O) groups is 2. The molecular weight excluding hydrogens is 272 g/mol. The van der Waals surface area contributed by atoms with Gasteiger partial charge in [0.1, 0.15) is 11.7 Å². The molecule has 0 aliphatic rings. The van der Waals surface area contributed by atoms with E-state index in [4.69, 9.17) is 4.74 Å². The molecule has 0 saturated heterocycles. The van der Waals surface area contributed by atoms with Crippen molar-refractivity contribution in [1.29, 1.82) is 0 Å². The number of hydrogen-bond acceptors (Lipinski definition) is 3. The van der Waals surface area contributed by atoms with Crippen LogP contribution >= 0.6 is 15.9 Å². The highest BCUT2D eigenvalue weighted by molar-refractivity contribution is 9.10. The maximum atomic E-state index is 11.7. The molecule has 16 heavy (non-hydrogen) atoms. The van der Waals surface area contributed by atoms with Gasteiger partial charge in [0.25, 0.3) is 0 Å². The SMILES string of the molecule is CCOC(=O)C(C(C)=O)c1ccccc1Br. The number of rotatable bonds is 4. The maximum Gasteiger partial charge on any atom is 0.321 e. The van der Waals surface area contributed by atoms with Crippen molar-refractivity contribution < 1.29 is 14.3 Å². The molecule has 0 amide bonds. The summed E-state index contributed by atoms with van der Waals surface area (Å²) in [6.07, 6.45) is 0. The second kappa shape index (κ2) is 5.80. The van der Waals surface area contributed by atoms with Crippen LogP contribution in [0, 0.1) is 0 Å². The van der Waals surface area contributed by atoms with Crippen molar-refractivity contribution >= 4 is 27.7 Å². The lowest BCUT2D eigenvalue weighted by atomic mass is 9.96. The topological polar surface area (TPSA) is 43.4 Å². The Morgan fingerprint density at radius 1 is 1.38 bits per heavy atom. The highest BCUT2D eigenvalue weighted by Gasteiger charge is 2.28. The van der Waals surface area contributed by atoms with E-state index in [-0.39, 0.29) is 12.4 Å². The van der Waals surface area contributed by atoms with E-state index >= 15 is 0 Å². The Kier molecular flexibility index (Phi) is 4.68. The zero-order valence-electron chi connectivity index (χ0n) is 9.20. The number of esters is 1. The molecule has 1 rings (SSSR count). The molecule has 4 heteroatoms. The van der Waals surface area contributed by atoms with Crippen LogP contribution in [0.4, 0.5) is 0 Å². The van der Waals surface area contributed by atoms with Crippen LogP contribution in [-0.4, -0.2) is 18.4 Å². The van der Waals surface area contributed by atoms with Crippen LogP contribution in [0.5, 0.6) is 0 Å². The van der Waals surface area contributed by atoms with Crippen molar-refractivity contribution in [1.82, 2.24) is 0 Å². The van der Waals surface area contributed by atoms with Crippen LogP contribution < -0.4 is 0 Å². The number of ether oxygens (including phenoxy) is 1. The zero-order valence-corrected chi connectivity index (χ0v) is 10.8. The molecule has 0 aromatic heterocycles. The molecular formula is C12H13BrO3. The first-order chi connectivity index (χ1) is 7.57. The largest absolute Gasteiger partial charge is 0.465 e. The molecule has 1 aromatic rings. The van der Waals surface area contributed by atoms with Gasteiger partial charge in [-0.2, -0.15) is 0 Å². The summed E-state index contributed by atoms with van der Waals surface area (Å²) in [4.78, 5) is 23.2. The van der Waals surface area contributed by atoms with E-state index in [1.54, 1.807) is 25.1 Å². The molecule has 3 nitrogen and oxygen atoms in total. The molecule has 0 heterocycles. The predicted molar refractivity (Wildman–Crippen MR) is 64.2 cm³/mol. The Balaban J connectivity index is 3.08. The molecule has 1 unspecified atom stereocenters. The normalized spacial score (nSPS) is 11.9. The lowest BCUT2D eigenvalue weighted by Gasteiger charge is -2.14. The summed E-state index contributed by atoms with van der Waals surface area (Å²) in [5, 5.41) is 0. The van der Waals surface area contributed by atoms with Gasteiger partial charge >= 0.3 is 5.97 Å². The molecule has 0 radical (unpaired) electrons. The molecule has 0 bridgehead atoms. The number of Topliss-reactive ketones (excluding diaryl/α,β-unsaturated/α-hetero) is 1. The number of halogens is 1. The van der Waals surface area contributed by atoms with Gasteiger partial charge in [-0.15, -0.1) is 0 Å². The molecule has 0 N–H and O–H groups in total. The summed E-state index contributed by atoms with van der Waals surface area (Å²) in [7, 11) is 0. The van der Waals surface area contributed by atoms with E-state index in [9.17, 15) is 9.59 Å². The molecule has 1 aromatic carbocycles. The lowest BCUT2D eigenvalue weighted by molar-refractivity contribution is -0.147. The van der Waals surface area contributed by atoms with Crippen molar-refractivity contribution in [3.63, 3.8) is 0 Å². The van der Waals surface area contributed by atoms with E-state index < -0.39 is 11.9 Å². The van der Waals surface area contributed by atoms with E-state index in [0.29, 0.717) is 5.56 Å². The fourth-order valence-corrected chi connectivity index (χ4v) is 1.96. The van der Waals surface area contributed by atoms with Gasteiger partial charge in [0.05, 0.1) is 6.61 Å². The smallest absolute Gasteiger partial charge is 0.321 e. The Bertz CT molecular complexity index is 401. The summed E-state index contributed by atoms with van der Waals surface area (Å²) in [5.41, 5.74) is 0.647. The third kappa shape index (κ3) is 2.92. The van der Waals surface area contributed by atoms with Crippen LogP contribution in [0.3, 0.4) is 0 Å². The third-order valence-electron chi connectivity index (χ3n) is 2.15. The van der Waals surface area contributed by atoms with Crippen LogP contribution in [0.15, 0.2) is 28.7 Å². The van der Waals surface area contributed by atoms with Gasteiger partial charge in [-0.3, -0.25) is 9.59 Å². The Morgan fingerprint density at radius 2 is 2.00 bits per heavy atom.